The normalized spacial score (nSPS) is 10.7. The number of aryl methyl sites for hydroxylation is 1. The van der Waals surface area contributed by atoms with Crippen molar-refractivity contribution in [2.45, 2.75) is 27.2 Å². The van der Waals surface area contributed by atoms with Crippen molar-refractivity contribution in [1.82, 2.24) is 9.78 Å². The van der Waals surface area contributed by atoms with E-state index in [9.17, 15) is 5.11 Å². The SMILES string of the molecule is CCc1c(O)nn(-c2ccc(C)cc2)c1C. The predicted octanol–water partition coefficient (Wildman–Crippen LogP) is 2.76. The summed E-state index contributed by atoms with van der Waals surface area (Å²) in [6, 6.07) is 8.10. The van der Waals surface area contributed by atoms with Crippen LogP contribution in [0.3, 0.4) is 0 Å². The molecule has 3 nitrogen and oxygen atoms in total. The maximum atomic E-state index is 9.70. The van der Waals surface area contributed by atoms with E-state index in [4.69, 9.17) is 0 Å². The first-order valence-electron chi connectivity index (χ1n) is 5.48. The molecule has 1 aromatic carbocycles. The molecule has 16 heavy (non-hydrogen) atoms. The van der Waals surface area contributed by atoms with Gasteiger partial charge in [0.25, 0.3) is 0 Å². The standard InChI is InChI=1S/C13H16N2O/c1-4-12-10(3)15(14-13(12)16)11-7-5-9(2)6-8-11/h5-8H,4H2,1-3H3,(H,14,16). The molecule has 0 amide bonds. The van der Waals surface area contributed by atoms with Gasteiger partial charge in [0.15, 0.2) is 0 Å². The summed E-state index contributed by atoms with van der Waals surface area (Å²) in [7, 11) is 0. The van der Waals surface area contributed by atoms with Gasteiger partial charge >= 0.3 is 0 Å². The summed E-state index contributed by atoms with van der Waals surface area (Å²) in [5.41, 5.74) is 4.12. The predicted molar refractivity (Wildman–Crippen MR) is 64.1 cm³/mol. The van der Waals surface area contributed by atoms with Crippen LogP contribution < -0.4 is 0 Å². The lowest BCUT2D eigenvalue weighted by Crippen LogP contribution is -1.99. The van der Waals surface area contributed by atoms with Gasteiger partial charge in [0.2, 0.25) is 5.88 Å². The van der Waals surface area contributed by atoms with Gasteiger partial charge in [-0.15, -0.1) is 5.10 Å². The largest absolute Gasteiger partial charge is 0.492 e. The Morgan fingerprint density at radius 2 is 1.81 bits per heavy atom. The Morgan fingerprint density at radius 1 is 1.19 bits per heavy atom. The highest BCUT2D eigenvalue weighted by Crippen LogP contribution is 2.23. The van der Waals surface area contributed by atoms with Crippen molar-refractivity contribution in [3.63, 3.8) is 0 Å². The first kappa shape index (κ1) is 10.7. The van der Waals surface area contributed by atoms with Crippen LogP contribution in [0.5, 0.6) is 5.88 Å². The summed E-state index contributed by atoms with van der Waals surface area (Å²) in [6.07, 6.45) is 0.795. The van der Waals surface area contributed by atoms with Crippen molar-refractivity contribution in [3.8, 4) is 11.6 Å². The minimum Gasteiger partial charge on any atom is -0.492 e. The molecule has 1 N–H and O–H groups in total. The summed E-state index contributed by atoms with van der Waals surface area (Å²) in [5, 5.41) is 13.8. The molecule has 0 aliphatic carbocycles. The molecule has 0 spiro atoms. The van der Waals surface area contributed by atoms with Crippen LogP contribution in [0, 0.1) is 13.8 Å². The lowest BCUT2D eigenvalue weighted by Gasteiger charge is -2.04. The fourth-order valence-corrected chi connectivity index (χ4v) is 1.87. The van der Waals surface area contributed by atoms with E-state index in [0.717, 1.165) is 23.4 Å². The third kappa shape index (κ3) is 1.69. The van der Waals surface area contributed by atoms with Gasteiger partial charge < -0.3 is 5.11 Å². The lowest BCUT2D eigenvalue weighted by molar-refractivity contribution is 0.443. The number of benzene rings is 1. The van der Waals surface area contributed by atoms with Crippen molar-refractivity contribution >= 4 is 0 Å². The monoisotopic (exact) mass is 216 g/mol. The zero-order valence-electron chi connectivity index (χ0n) is 9.86. The highest BCUT2D eigenvalue weighted by molar-refractivity contribution is 5.40. The minimum atomic E-state index is 0.139. The van der Waals surface area contributed by atoms with Crippen molar-refractivity contribution in [1.29, 1.82) is 0 Å². The third-order valence-corrected chi connectivity index (χ3v) is 2.85. The molecule has 84 valence electrons. The van der Waals surface area contributed by atoms with Gasteiger partial charge in [-0.05, 0) is 32.4 Å². The van der Waals surface area contributed by atoms with E-state index in [1.807, 2.05) is 38.1 Å². The molecule has 2 aromatic rings. The number of aromatic nitrogens is 2. The molecule has 0 bridgehead atoms. The Labute approximate surface area is 95.3 Å². The topological polar surface area (TPSA) is 38.1 Å². The number of nitrogens with zero attached hydrogens (tertiary/aromatic N) is 2. The fraction of sp³-hybridized carbons (Fsp3) is 0.308. The highest BCUT2D eigenvalue weighted by Gasteiger charge is 2.12. The quantitative estimate of drug-likeness (QED) is 0.838. The minimum absolute atomic E-state index is 0.139. The van der Waals surface area contributed by atoms with Gasteiger partial charge in [0.1, 0.15) is 0 Å². The zero-order chi connectivity index (χ0) is 11.7. The average Bonchev–Trinajstić information content (AvgIpc) is 2.55. The number of hydrogen-bond donors (Lipinski definition) is 1. The maximum absolute atomic E-state index is 9.70. The van der Waals surface area contributed by atoms with Crippen LogP contribution in [-0.4, -0.2) is 14.9 Å². The summed E-state index contributed by atoms with van der Waals surface area (Å²) in [6.45, 7) is 6.04. The third-order valence-electron chi connectivity index (χ3n) is 2.85. The molecule has 0 aliphatic rings. The Morgan fingerprint density at radius 3 is 2.31 bits per heavy atom. The summed E-state index contributed by atoms with van der Waals surface area (Å²) in [5.74, 6) is 0.139. The van der Waals surface area contributed by atoms with E-state index >= 15 is 0 Å². The molecule has 3 heteroatoms. The van der Waals surface area contributed by atoms with Crippen LogP contribution in [0.15, 0.2) is 24.3 Å². The van der Waals surface area contributed by atoms with Crippen molar-refractivity contribution < 1.29 is 5.11 Å². The average molecular weight is 216 g/mol. The molecule has 0 radical (unpaired) electrons. The molecule has 0 unspecified atom stereocenters. The first-order chi connectivity index (χ1) is 7.63. The molecular weight excluding hydrogens is 200 g/mol. The molecule has 0 saturated carbocycles. The molecule has 0 fully saturated rings. The fourth-order valence-electron chi connectivity index (χ4n) is 1.87. The van der Waals surface area contributed by atoms with Gasteiger partial charge in [-0.25, -0.2) is 4.68 Å². The summed E-state index contributed by atoms with van der Waals surface area (Å²) >= 11 is 0. The number of rotatable bonds is 2. The molecule has 2 rings (SSSR count). The summed E-state index contributed by atoms with van der Waals surface area (Å²) < 4.78 is 1.79. The Bertz CT molecular complexity index is 497. The van der Waals surface area contributed by atoms with E-state index in [2.05, 4.69) is 12.0 Å². The van der Waals surface area contributed by atoms with Crippen LogP contribution in [0.4, 0.5) is 0 Å². The van der Waals surface area contributed by atoms with Crippen molar-refractivity contribution in [2.24, 2.45) is 0 Å². The molecule has 1 aromatic heterocycles. The second kappa shape index (κ2) is 4.00. The highest BCUT2D eigenvalue weighted by atomic mass is 16.3. The Kier molecular flexibility index (Phi) is 2.69. The van der Waals surface area contributed by atoms with Gasteiger partial charge in [0.05, 0.1) is 5.69 Å². The summed E-state index contributed by atoms with van der Waals surface area (Å²) in [4.78, 5) is 0. The van der Waals surface area contributed by atoms with Gasteiger partial charge in [-0.1, -0.05) is 24.6 Å². The lowest BCUT2D eigenvalue weighted by atomic mass is 10.2. The number of hydrogen-bond acceptors (Lipinski definition) is 2. The van der Waals surface area contributed by atoms with E-state index in [1.165, 1.54) is 5.56 Å². The number of aromatic hydroxyl groups is 1. The second-order valence-corrected chi connectivity index (χ2v) is 3.99. The van der Waals surface area contributed by atoms with Gasteiger partial charge in [-0.3, -0.25) is 0 Å². The second-order valence-electron chi connectivity index (χ2n) is 3.99. The van der Waals surface area contributed by atoms with Crippen LogP contribution in [0.1, 0.15) is 23.7 Å². The molecule has 0 atom stereocenters. The first-order valence-corrected chi connectivity index (χ1v) is 5.48. The Hall–Kier alpha value is -1.77. The van der Waals surface area contributed by atoms with Gasteiger partial charge in [-0.2, -0.15) is 0 Å². The Balaban J connectivity index is 2.52. The van der Waals surface area contributed by atoms with Crippen molar-refractivity contribution in [2.75, 3.05) is 0 Å². The van der Waals surface area contributed by atoms with Crippen molar-refractivity contribution in [3.05, 3.63) is 41.1 Å². The van der Waals surface area contributed by atoms with Gasteiger partial charge in [0, 0.05) is 11.3 Å². The molecular formula is C13H16N2O. The molecule has 0 aliphatic heterocycles. The van der Waals surface area contributed by atoms with E-state index in [0.29, 0.717) is 0 Å². The van der Waals surface area contributed by atoms with Crippen LogP contribution >= 0.6 is 0 Å². The van der Waals surface area contributed by atoms with E-state index < -0.39 is 0 Å². The van der Waals surface area contributed by atoms with E-state index in [-0.39, 0.29) is 5.88 Å². The van der Waals surface area contributed by atoms with Crippen LogP contribution in [0.2, 0.25) is 0 Å². The van der Waals surface area contributed by atoms with Crippen LogP contribution in [-0.2, 0) is 6.42 Å². The van der Waals surface area contributed by atoms with E-state index in [1.54, 1.807) is 4.68 Å². The van der Waals surface area contributed by atoms with Crippen LogP contribution in [0.25, 0.3) is 5.69 Å². The maximum Gasteiger partial charge on any atom is 0.234 e. The molecule has 1 heterocycles. The zero-order valence-corrected chi connectivity index (χ0v) is 9.86. The molecule has 0 saturated heterocycles. The smallest absolute Gasteiger partial charge is 0.234 e.